The predicted octanol–water partition coefficient (Wildman–Crippen LogP) is 3.01. The molecule has 6 nitrogen and oxygen atoms in total. The van der Waals surface area contributed by atoms with Gasteiger partial charge in [0.1, 0.15) is 23.9 Å². The topological polar surface area (TPSA) is 69.3 Å². The Balaban J connectivity index is 1.72. The third-order valence-corrected chi connectivity index (χ3v) is 4.27. The van der Waals surface area contributed by atoms with Crippen LogP contribution in [0.15, 0.2) is 53.3 Å². The summed E-state index contributed by atoms with van der Waals surface area (Å²) in [7, 11) is 1.64. The SMILES string of the molecule is COc1cccc([C@@H]2CC(=O)Nc3c2cnn3Cc2ccco2)c1. The highest BCUT2D eigenvalue weighted by atomic mass is 16.5. The predicted molar refractivity (Wildman–Crippen MR) is 88.1 cm³/mol. The number of aromatic nitrogens is 2. The smallest absolute Gasteiger partial charge is 0.226 e. The summed E-state index contributed by atoms with van der Waals surface area (Å²) in [5, 5.41) is 7.37. The molecule has 6 heteroatoms. The first kappa shape index (κ1) is 14.6. The number of carbonyl (C=O) groups is 1. The Labute approximate surface area is 139 Å². The van der Waals surface area contributed by atoms with Crippen molar-refractivity contribution in [3.05, 3.63) is 65.7 Å². The van der Waals surface area contributed by atoms with E-state index in [1.165, 1.54) is 0 Å². The van der Waals surface area contributed by atoms with Crippen molar-refractivity contribution in [2.24, 2.45) is 0 Å². The van der Waals surface area contributed by atoms with Gasteiger partial charge in [0.25, 0.3) is 0 Å². The number of fused-ring (bicyclic) bond motifs is 1. The van der Waals surface area contributed by atoms with E-state index >= 15 is 0 Å². The Morgan fingerprint density at radius 3 is 3.08 bits per heavy atom. The van der Waals surface area contributed by atoms with Crippen molar-refractivity contribution in [1.82, 2.24) is 9.78 Å². The summed E-state index contributed by atoms with van der Waals surface area (Å²) in [6.07, 6.45) is 3.84. The molecular weight excluding hydrogens is 306 g/mol. The number of anilines is 1. The van der Waals surface area contributed by atoms with Crippen molar-refractivity contribution >= 4 is 11.7 Å². The second-order valence-electron chi connectivity index (χ2n) is 5.77. The first-order valence-corrected chi connectivity index (χ1v) is 7.76. The molecule has 4 rings (SSSR count). The van der Waals surface area contributed by atoms with Crippen LogP contribution in [0.5, 0.6) is 5.75 Å². The quantitative estimate of drug-likeness (QED) is 0.801. The van der Waals surface area contributed by atoms with Crippen molar-refractivity contribution < 1.29 is 13.9 Å². The van der Waals surface area contributed by atoms with E-state index in [1.807, 2.05) is 42.6 Å². The molecule has 0 saturated heterocycles. The van der Waals surface area contributed by atoms with Crippen molar-refractivity contribution in [1.29, 1.82) is 0 Å². The molecule has 24 heavy (non-hydrogen) atoms. The highest BCUT2D eigenvalue weighted by Crippen LogP contribution is 2.38. The van der Waals surface area contributed by atoms with Gasteiger partial charge in [0.2, 0.25) is 5.91 Å². The van der Waals surface area contributed by atoms with E-state index in [1.54, 1.807) is 18.1 Å². The van der Waals surface area contributed by atoms with Crippen LogP contribution >= 0.6 is 0 Å². The molecule has 0 spiro atoms. The van der Waals surface area contributed by atoms with E-state index in [9.17, 15) is 4.79 Å². The molecule has 3 heterocycles. The molecule has 0 unspecified atom stereocenters. The third kappa shape index (κ3) is 2.56. The Bertz CT molecular complexity index is 868. The summed E-state index contributed by atoms with van der Waals surface area (Å²) in [4.78, 5) is 12.2. The highest BCUT2D eigenvalue weighted by molar-refractivity contribution is 5.94. The zero-order valence-corrected chi connectivity index (χ0v) is 13.2. The molecule has 0 radical (unpaired) electrons. The summed E-state index contributed by atoms with van der Waals surface area (Å²) >= 11 is 0. The van der Waals surface area contributed by atoms with Gasteiger partial charge in [-0.3, -0.25) is 4.79 Å². The number of furan rings is 1. The number of ether oxygens (including phenoxy) is 1. The molecule has 0 saturated carbocycles. The van der Waals surface area contributed by atoms with Crippen LogP contribution in [0.1, 0.15) is 29.2 Å². The number of benzene rings is 1. The Kier molecular flexibility index (Phi) is 3.57. The van der Waals surface area contributed by atoms with Crippen LogP contribution in [0, 0.1) is 0 Å². The van der Waals surface area contributed by atoms with E-state index in [2.05, 4.69) is 10.4 Å². The zero-order valence-electron chi connectivity index (χ0n) is 13.2. The zero-order chi connectivity index (χ0) is 16.5. The molecule has 0 bridgehead atoms. The molecule has 1 N–H and O–H groups in total. The van der Waals surface area contributed by atoms with Gasteiger partial charge >= 0.3 is 0 Å². The minimum atomic E-state index is -0.0331. The minimum Gasteiger partial charge on any atom is -0.497 e. The van der Waals surface area contributed by atoms with Gasteiger partial charge in [-0.25, -0.2) is 4.68 Å². The third-order valence-electron chi connectivity index (χ3n) is 4.27. The number of methoxy groups -OCH3 is 1. The summed E-state index contributed by atoms with van der Waals surface area (Å²) in [6.45, 7) is 0.480. The fraction of sp³-hybridized carbons (Fsp3) is 0.222. The molecule has 2 aromatic heterocycles. The molecule has 1 aromatic carbocycles. The van der Waals surface area contributed by atoms with Crippen LogP contribution in [0.3, 0.4) is 0 Å². The molecule has 1 amide bonds. The maximum Gasteiger partial charge on any atom is 0.226 e. The van der Waals surface area contributed by atoms with Crippen molar-refractivity contribution in [3.8, 4) is 5.75 Å². The molecular formula is C18H17N3O3. The van der Waals surface area contributed by atoms with Crippen LogP contribution in [-0.2, 0) is 11.3 Å². The van der Waals surface area contributed by atoms with E-state index in [0.717, 1.165) is 28.5 Å². The standard InChI is InChI=1S/C18H17N3O3/c1-23-13-5-2-4-12(8-13)15-9-17(22)20-18-16(15)10-19-21(18)11-14-6-3-7-24-14/h2-8,10,15H,9,11H2,1H3,(H,20,22)/t15-/m0/s1. The van der Waals surface area contributed by atoms with Gasteiger partial charge in [0.05, 0.1) is 19.6 Å². The van der Waals surface area contributed by atoms with E-state index < -0.39 is 0 Å². The van der Waals surface area contributed by atoms with E-state index in [0.29, 0.717) is 13.0 Å². The lowest BCUT2D eigenvalue weighted by atomic mass is 9.87. The fourth-order valence-corrected chi connectivity index (χ4v) is 3.10. The van der Waals surface area contributed by atoms with Crippen LogP contribution in [0.2, 0.25) is 0 Å². The first-order chi connectivity index (χ1) is 11.7. The summed E-state index contributed by atoms with van der Waals surface area (Å²) < 4.78 is 12.4. The first-order valence-electron chi connectivity index (χ1n) is 7.76. The second-order valence-corrected chi connectivity index (χ2v) is 5.77. The molecule has 1 aliphatic rings. The lowest BCUT2D eigenvalue weighted by molar-refractivity contribution is -0.116. The van der Waals surface area contributed by atoms with Gasteiger partial charge in [-0.2, -0.15) is 5.10 Å². The Morgan fingerprint density at radius 2 is 2.29 bits per heavy atom. The van der Waals surface area contributed by atoms with Gasteiger partial charge in [0, 0.05) is 17.9 Å². The molecule has 1 aliphatic heterocycles. The highest BCUT2D eigenvalue weighted by Gasteiger charge is 2.30. The van der Waals surface area contributed by atoms with E-state index in [4.69, 9.17) is 9.15 Å². The van der Waals surface area contributed by atoms with Gasteiger partial charge < -0.3 is 14.5 Å². The number of hydrogen-bond acceptors (Lipinski definition) is 4. The summed E-state index contributed by atoms with van der Waals surface area (Å²) in [6, 6.07) is 11.5. The lowest BCUT2D eigenvalue weighted by Gasteiger charge is -2.24. The molecule has 122 valence electrons. The number of nitrogens with zero attached hydrogens (tertiary/aromatic N) is 2. The van der Waals surface area contributed by atoms with Crippen molar-refractivity contribution in [2.45, 2.75) is 18.9 Å². The van der Waals surface area contributed by atoms with Gasteiger partial charge in [-0.05, 0) is 29.8 Å². The number of hydrogen-bond donors (Lipinski definition) is 1. The summed E-state index contributed by atoms with van der Waals surface area (Å²) in [5.74, 6) is 2.25. The minimum absolute atomic E-state index is 0.0171. The largest absolute Gasteiger partial charge is 0.497 e. The molecule has 0 fully saturated rings. The average Bonchev–Trinajstić information content (AvgIpc) is 3.25. The number of nitrogens with one attached hydrogen (secondary N) is 1. The number of rotatable bonds is 4. The van der Waals surface area contributed by atoms with Crippen LogP contribution in [-0.4, -0.2) is 22.8 Å². The maximum absolute atomic E-state index is 12.2. The number of carbonyl (C=O) groups excluding carboxylic acids is 1. The Hall–Kier alpha value is -3.02. The average molecular weight is 323 g/mol. The summed E-state index contributed by atoms with van der Waals surface area (Å²) in [5.41, 5.74) is 2.05. The van der Waals surface area contributed by atoms with Crippen LogP contribution in [0.4, 0.5) is 5.82 Å². The molecule has 1 atom stereocenters. The lowest BCUT2D eigenvalue weighted by Crippen LogP contribution is -2.25. The van der Waals surface area contributed by atoms with Gasteiger partial charge in [-0.15, -0.1) is 0 Å². The van der Waals surface area contributed by atoms with Crippen molar-refractivity contribution in [3.63, 3.8) is 0 Å². The maximum atomic E-state index is 12.2. The van der Waals surface area contributed by atoms with Gasteiger partial charge in [0.15, 0.2) is 0 Å². The monoisotopic (exact) mass is 323 g/mol. The van der Waals surface area contributed by atoms with E-state index in [-0.39, 0.29) is 11.8 Å². The normalized spacial score (nSPS) is 16.5. The van der Waals surface area contributed by atoms with Crippen molar-refractivity contribution in [2.75, 3.05) is 12.4 Å². The second kappa shape index (κ2) is 5.88. The molecule has 3 aromatic rings. The van der Waals surface area contributed by atoms with Gasteiger partial charge in [-0.1, -0.05) is 12.1 Å². The Morgan fingerprint density at radius 1 is 1.38 bits per heavy atom. The van der Waals surface area contributed by atoms with Crippen LogP contribution < -0.4 is 10.1 Å². The fourth-order valence-electron chi connectivity index (χ4n) is 3.10. The van der Waals surface area contributed by atoms with Crippen LogP contribution in [0.25, 0.3) is 0 Å². The molecule has 0 aliphatic carbocycles. The number of amides is 1.